The summed E-state index contributed by atoms with van der Waals surface area (Å²) in [7, 11) is 1.50. The van der Waals surface area contributed by atoms with E-state index in [2.05, 4.69) is 10.1 Å². The summed E-state index contributed by atoms with van der Waals surface area (Å²) in [5, 5.41) is 2.74. The van der Waals surface area contributed by atoms with Crippen molar-refractivity contribution in [3.8, 4) is 0 Å². The van der Waals surface area contributed by atoms with E-state index in [1.807, 2.05) is 31.2 Å². The van der Waals surface area contributed by atoms with Crippen molar-refractivity contribution in [1.82, 2.24) is 0 Å². The maximum absolute atomic E-state index is 11.2. The molecule has 74 valence electrons. The van der Waals surface area contributed by atoms with Crippen LogP contribution in [0.15, 0.2) is 36.6 Å². The molecule has 1 aromatic carbocycles. The molecule has 0 atom stereocenters. The maximum Gasteiger partial charge on any atom is 0.251 e. The molecule has 0 aliphatic rings. The van der Waals surface area contributed by atoms with Gasteiger partial charge in [0.1, 0.15) is 0 Å². The smallest absolute Gasteiger partial charge is 0.251 e. The number of hydrogen-bond acceptors (Lipinski definition) is 2. The van der Waals surface area contributed by atoms with Crippen LogP contribution in [0.1, 0.15) is 5.56 Å². The number of rotatable bonds is 3. The Morgan fingerprint density at radius 3 is 2.79 bits per heavy atom. The molecule has 0 radical (unpaired) electrons. The summed E-state index contributed by atoms with van der Waals surface area (Å²) in [6.07, 6.45) is 2.68. The molecule has 1 aromatic rings. The van der Waals surface area contributed by atoms with E-state index in [4.69, 9.17) is 0 Å². The number of nitrogens with one attached hydrogen (secondary N) is 1. The molecule has 14 heavy (non-hydrogen) atoms. The molecule has 0 spiro atoms. The number of benzene rings is 1. The number of anilines is 1. The molecule has 1 amide bonds. The van der Waals surface area contributed by atoms with Crippen LogP contribution in [-0.2, 0) is 9.53 Å². The second-order valence-corrected chi connectivity index (χ2v) is 2.84. The Morgan fingerprint density at radius 2 is 2.14 bits per heavy atom. The Balaban J connectivity index is 2.65. The third kappa shape index (κ3) is 2.94. The number of amides is 1. The Bertz CT molecular complexity index is 345. The van der Waals surface area contributed by atoms with Crippen LogP contribution >= 0.6 is 0 Å². The van der Waals surface area contributed by atoms with E-state index in [-0.39, 0.29) is 5.91 Å². The predicted octanol–water partition coefficient (Wildman–Crippen LogP) is 2.09. The maximum atomic E-state index is 11.2. The number of carbonyl (C=O) groups is 1. The summed E-state index contributed by atoms with van der Waals surface area (Å²) in [5.74, 6) is -0.193. The quantitative estimate of drug-likeness (QED) is 0.587. The summed E-state index contributed by atoms with van der Waals surface area (Å²) in [4.78, 5) is 11.2. The highest BCUT2D eigenvalue weighted by Crippen LogP contribution is 2.12. The predicted molar refractivity (Wildman–Crippen MR) is 56.0 cm³/mol. The lowest BCUT2D eigenvalue weighted by Gasteiger charge is -2.04. The Kier molecular flexibility index (Phi) is 3.73. The number of ether oxygens (including phenoxy) is 1. The van der Waals surface area contributed by atoms with Crippen LogP contribution in [0.2, 0.25) is 0 Å². The van der Waals surface area contributed by atoms with Gasteiger partial charge in [-0.2, -0.15) is 0 Å². The molecule has 3 nitrogen and oxygen atoms in total. The van der Waals surface area contributed by atoms with E-state index in [0.29, 0.717) is 0 Å². The number of methoxy groups -OCH3 is 1. The minimum atomic E-state index is -0.193. The zero-order chi connectivity index (χ0) is 10.4. The van der Waals surface area contributed by atoms with Gasteiger partial charge in [0.2, 0.25) is 0 Å². The zero-order valence-electron chi connectivity index (χ0n) is 8.28. The van der Waals surface area contributed by atoms with Gasteiger partial charge < -0.3 is 10.1 Å². The van der Waals surface area contributed by atoms with Gasteiger partial charge in [0.25, 0.3) is 5.91 Å². The number of para-hydroxylation sites is 1. The lowest BCUT2D eigenvalue weighted by atomic mass is 10.2. The average Bonchev–Trinajstić information content (AvgIpc) is 2.18. The van der Waals surface area contributed by atoms with Crippen molar-refractivity contribution < 1.29 is 9.53 Å². The van der Waals surface area contributed by atoms with E-state index < -0.39 is 0 Å². The lowest BCUT2D eigenvalue weighted by molar-refractivity contribution is -0.112. The molecular formula is C11H13NO2. The third-order valence-corrected chi connectivity index (χ3v) is 1.76. The van der Waals surface area contributed by atoms with Crippen LogP contribution in [0, 0.1) is 6.92 Å². The number of hydrogen-bond donors (Lipinski definition) is 1. The normalized spacial score (nSPS) is 10.1. The summed E-state index contributed by atoms with van der Waals surface area (Å²) in [5.41, 5.74) is 1.85. The van der Waals surface area contributed by atoms with E-state index in [1.165, 1.54) is 19.4 Å². The van der Waals surface area contributed by atoms with Gasteiger partial charge in [0.15, 0.2) is 0 Å². The SMILES string of the molecule is COC=CC(=O)Nc1ccccc1C. The van der Waals surface area contributed by atoms with Gasteiger partial charge in [-0.05, 0) is 18.6 Å². The van der Waals surface area contributed by atoms with Gasteiger partial charge in [-0.25, -0.2) is 0 Å². The molecular weight excluding hydrogens is 178 g/mol. The van der Waals surface area contributed by atoms with Crippen molar-refractivity contribution in [2.24, 2.45) is 0 Å². The second-order valence-electron chi connectivity index (χ2n) is 2.84. The first kappa shape index (κ1) is 10.3. The summed E-state index contributed by atoms with van der Waals surface area (Å²) < 4.78 is 4.64. The van der Waals surface area contributed by atoms with Crippen LogP contribution in [0.25, 0.3) is 0 Å². The average molecular weight is 191 g/mol. The largest absolute Gasteiger partial charge is 0.504 e. The topological polar surface area (TPSA) is 38.3 Å². The van der Waals surface area contributed by atoms with Crippen LogP contribution in [0.4, 0.5) is 5.69 Å². The molecule has 0 saturated heterocycles. The van der Waals surface area contributed by atoms with Crippen molar-refractivity contribution in [2.45, 2.75) is 6.92 Å². The standard InChI is InChI=1S/C11H13NO2/c1-9-5-3-4-6-10(9)12-11(13)7-8-14-2/h3-8H,1-2H3,(H,12,13). The van der Waals surface area contributed by atoms with Crippen LogP contribution < -0.4 is 5.32 Å². The molecule has 0 saturated carbocycles. The zero-order valence-corrected chi connectivity index (χ0v) is 8.28. The Hall–Kier alpha value is -1.77. The summed E-state index contributed by atoms with van der Waals surface area (Å²) in [6, 6.07) is 7.60. The van der Waals surface area contributed by atoms with Crippen LogP contribution in [0.3, 0.4) is 0 Å². The van der Waals surface area contributed by atoms with Crippen molar-refractivity contribution in [3.63, 3.8) is 0 Å². The molecule has 0 aliphatic carbocycles. The fraction of sp³-hybridized carbons (Fsp3) is 0.182. The van der Waals surface area contributed by atoms with Crippen LogP contribution in [-0.4, -0.2) is 13.0 Å². The fourth-order valence-corrected chi connectivity index (χ4v) is 1.02. The highest BCUT2D eigenvalue weighted by atomic mass is 16.5. The van der Waals surface area contributed by atoms with E-state index in [1.54, 1.807) is 0 Å². The van der Waals surface area contributed by atoms with Gasteiger partial charge in [-0.1, -0.05) is 18.2 Å². The molecule has 3 heteroatoms. The van der Waals surface area contributed by atoms with Crippen molar-refractivity contribution in [3.05, 3.63) is 42.2 Å². The molecule has 0 fully saturated rings. The summed E-state index contributed by atoms with van der Waals surface area (Å²) >= 11 is 0. The molecule has 1 N–H and O–H groups in total. The molecule has 0 bridgehead atoms. The highest BCUT2D eigenvalue weighted by Gasteiger charge is 1.99. The van der Waals surface area contributed by atoms with Crippen molar-refractivity contribution >= 4 is 11.6 Å². The molecule has 1 rings (SSSR count). The van der Waals surface area contributed by atoms with E-state index in [0.717, 1.165) is 11.3 Å². The van der Waals surface area contributed by atoms with Gasteiger partial charge in [0, 0.05) is 11.8 Å². The molecule has 0 heterocycles. The minimum Gasteiger partial charge on any atom is -0.504 e. The summed E-state index contributed by atoms with van der Waals surface area (Å²) in [6.45, 7) is 1.94. The Labute approximate surface area is 83.4 Å². The number of aryl methyl sites for hydroxylation is 1. The first-order valence-electron chi connectivity index (χ1n) is 4.30. The van der Waals surface area contributed by atoms with Crippen LogP contribution in [0.5, 0.6) is 0 Å². The first-order valence-corrected chi connectivity index (χ1v) is 4.30. The van der Waals surface area contributed by atoms with E-state index >= 15 is 0 Å². The molecule has 0 aromatic heterocycles. The monoisotopic (exact) mass is 191 g/mol. The molecule has 0 unspecified atom stereocenters. The second kappa shape index (κ2) is 5.07. The van der Waals surface area contributed by atoms with Gasteiger partial charge in [0.05, 0.1) is 13.4 Å². The van der Waals surface area contributed by atoms with Crippen molar-refractivity contribution in [1.29, 1.82) is 0 Å². The van der Waals surface area contributed by atoms with E-state index in [9.17, 15) is 4.79 Å². The third-order valence-electron chi connectivity index (χ3n) is 1.76. The first-order chi connectivity index (χ1) is 6.74. The lowest BCUT2D eigenvalue weighted by Crippen LogP contribution is -2.08. The van der Waals surface area contributed by atoms with Gasteiger partial charge in [-0.3, -0.25) is 4.79 Å². The molecule has 0 aliphatic heterocycles. The number of carbonyl (C=O) groups excluding carboxylic acids is 1. The Morgan fingerprint density at radius 1 is 1.43 bits per heavy atom. The minimum absolute atomic E-state index is 0.193. The van der Waals surface area contributed by atoms with Crippen molar-refractivity contribution in [2.75, 3.05) is 12.4 Å². The van der Waals surface area contributed by atoms with Gasteiger partial charge >= 0.3 is 0 Å². The fourth-order valence-electron chi connectivity index (χ4n) is 1.02. The van der Waals surface area contributed by atoms with Gasteiger partial charge in [-0.15, -0.1) is 0 Å². The highest BCUT2D eigenvalue weighted by molar-refractivity contribution is 5.99.